The van der Waals surface area contributed by atoms with E-state index in [0.29, 0.717) is 0 Å². The number of hydrogen-bond donors (Lipinski definition) is 0. The van der Waals surface area contributed by atoms with Crippen LogP contribution in [0.2, 0.25) is 0 Å². The molecule has 2 heteroatoms. The van der Waals surface area contributed by atoms with Crippen molar-refractivity contribution in [3.63, 3.8) is 0 Å². The van der Waals surface area contributed by atoms with E-state index >= 15 is 0 Å². The third-order valence-corrected chi connectivity index (χ3v) is 9.12. The van der Waals surface area contributed by atoms with Crippen LogP contribution in [0.4, 0.5) is 0 Å². The Morgan fingerprint density at radius 1 is 0.283 bits per heavy atom. The predicted octanol–water partition coefficient (Wildman–Crippen LogP) is 11.8. The maximum atomic E-state index is 4.69. The van der Waals surface area contributed by atoms with Crippen molar-refractivity contribution in [2.24, 2.45) is 0 Å². The normalized spacial score (nSPS) is 11.5. The van der Waals surface area contributed by atoms with E-state index in [1.54, 1.807) is 0 Å². The third-order valence-electron chi connectivity index (χ3n) is 9.12. The summed E-state index contributed by atoms with van der Waals surface area (Å²) in [5.41, 5.74) is 11.5. The van der Waals surface area contributed by atoms with E-state index in [0.717, 1.165) is 32.9 Å². The molecular weight excluding hydrogens is 556 g/mol. The highest BCUT2D eigenvalue weighted by atomic mass is 14.7. The molecule has 0 saturated carbocycles. The van der Waals surface area contributed by atoms with E-state index in [-0.39, 0.29) is 0 Å². The lowest BCUT2D eigenvalue weighted by Gasteiger charge is -2.12. The Morgan fingerprint density at radius 3 is 1.41 bits per heavy atom. The van der Waals surface area contributed by atoms with Crippen molar-refractivity contribution in [3.8, 4) is 44.5 Å². The molecule has 0 aliphatic heterocycles. The molecule has 0 fully saturated rings. The Morgan fingerprint density at radius 2 is 0.761 bits per heavy atom. The van der Waals surface area contributed by atoms with Crippen molar-refractivity contribution in [1.82, 2.24) is 9.97 Å². The maximum Gasteiger partial charge on any atom is 0.0780 e. The summed E-state index contributed by atoms with van der Waals surface area (Å²) >= 11 is 0. The fourth-order valence-electron chi connectivity index (χ4n) is 6.83. The first kappa shape index (κ1) is 26.3. The van der Waals surface area contributed by atoms with Crippen LogP contribution in [0.3, 0.4) is 0 Å². The van der Waals surface area contributed by atoms with Crippen molar-refractivity contribution in [3.05, 3.63) is 170 Å². The van der Waals surface area contributed by atoms with E-state index in [9.17, 15) is 0 Å². The largest absolute Gasteiger partial charge is 0.256 e. The van der Waals surface area contributed by atoms with Crippen LogP contribution in [0.1, 0.15) is 0 Å². The van der Waals surface area contributed by atoms with Crippen LogP contribution in [0.15, 0.2) is 170 Å². The first-order valence-corrected chi connectivity index (χ1v) is 15.6. The molecule has 0 radical (unpaired) electrons. The van der Waals surface area contributed by atoms with E-state index in [4.69, 9.17) is 4.98 Å². The summed E-state index contributed by atoms with van der Waals surface area (Å²) in [5, 5.41) is 7.29. The van der Waals surface area contributed by atoms with E-state index in [2.05, 4.69) is 151 Å². The summed E-state index contributed by atoms with van der Waals surface area (Å²) in [4.78, 5) is 9.38. The molecule has 7 aromatic carbocycles. The number of para-hydroxylation sites is 2. The van der Waals surface area contributed by atoms with Gasteiger partial charge in [0.05, 0.1) is 11.0 Å². The van der Waals surface area contributed by atoms with Gasteiger partial charge < -0.3 is 0 Å². The average molecular weight is 585 g/mol. The highest BCUT2D eigenvalue weighted by molar-refractivity contribution is 6.10. The summed E-state index contributed by atoms with van der Waals surface area (Å²) in [6.45, 7) is 0. The Kier molecular flexibility index (Phi) is 6.17. The van der Waals surface area contributed by atoms with Gasteiger partial charge in [-0.25, -0.2) is 0 Å². The monoisotopic (exact) mass is 584 g/mol. The Labute approximate surface area is 267 Å². The minimum Gasteiger partial charge on any atom is -0.256 e. The van der Waals surface area contributed by atoms with Crippen molar-refractivity contribution in [2.75, 3.05) is 0 Å². The Balaban J connectivity index is 1.11. The molecule has 0 amide bonds. The number of fused-ring (bicyclic) bond motifs is 5. The lowest BCUT2D eigenvalue weighted by atomic mass is 9.93. The number of nitrogens with zero attached hydrogens (tertiary/aromatic N) is 2. The molecule has 2 aromatic heterocycles. The number of pyridine rings is 2. The van der Waals surface area contributed by atoms with Gasteiger partial charge in [-0.15, -0.1) is 0 Å². The first-order valence-electron chi connectivity index (χ1n) is 15.6. The molecule has 0 unspecified atom stereocenters. The minimum absolute atomic E-state index is 1.03. The van der Waals surface area contributed by atoms with Gasteiger partial charge in [-0.2, -0.15) is 0 Å². The van der Waals surface area contributed by atoms with Crippen LogP contribution < -0.4 is 0 Å². The van der Waals surface area contributed by atoms with Crippen LogP contribution in [0, 0.1) is 0 Å². The van der Waals surface area contributed by atoms with Crippen LogP contribution in [-0.4, -0.2) is 9.97 Å². The SMILES string of the molecule is c1cc(-c2ccc3c(ccc4ccc(-c5cccc(-c6cccc7cccnc67)c5)cc43)c2)cc(-c2cccc3cccnc23)c1. The van der Waals surface area contributed by atoms with E-state index < -0.39 is 0 Å². The third kappa shape index (κ3) is 4.51. The van der Waals surface area contributed by atoms with Gasteiger partial charge in [0.1, 0.15) is 0 Å². The lowest BCUT2D eigenvalue weighted by Crippen LogP contribution is -1.87. The number of benzene rings is 7. The van der Waals surface area contributed by atoms with E-state index in [1.807, 2.05) is 24.5 Å². The van der Waals surface area contributed by atoms with Crippen molar-refractivity contribution >= 4 is 43.4 Å². The number of rotatable bonds is 4. The second-order valence-electron chi connectivity index (χ2n) is 11.9. The quantitative estimate of drug-likeness (QED) is 0.192. The van der Waals surface area contributed by atoms with Gasteiger partial charge in [0.25, 0.3) is 0 Å². The van der Waals surface area contributed by atoms with Crippen LogP contribution in [0.5, 0.6) is 0 Å². The summed E-state index contributed by atoms with van der Waals surface area (Å²) in [6, 6.07) is 56.7. The number of hydrogen-bond acceptors (Lipinski definition) is 2. The van der Waals surface area contributed by atoms with Crippen molar-refractivity contribution in [1.29, 1.82) is 0 Å². The second kappa shape index (κ2) is 10.8. The molecule has 9 rings (SSSR count). The van der Waals surface area contributed by atoms with Crippen molar-refractivity contribution < 1.29 is 0 Å². The Hall–Kier alpha value is -6.12. The average Bonchev–Trinajstić information content (AvgIpc) is 3.14. The maximum absolute atomic E-state index is 4.69. The summed E-state index contributed by atoms with van der Waals surface area (Å²) in [6.07, 6.45) is 3.74. The molecule has 0 aliphatic rings. The molecule has 46 heavy (non-hydrogen) atoms. The Bertz CT molecular complexity index is 2590. The second-order valence-corrected chi connectivity index (χ2v) is 11.9. The zero-order valence-corrected chi connectivity index (χ0v) is 25.1. The van der Waals surface area contributed by atoms with Gasteiger partial charge in [-0.05, 0) is 91.3 Å². The molecule has 9 aromatic rings. The molecule has 0 saturated heterocycles. The molecule has 0 aliphatic carbocycles. The molecule has 0 spiro atoms. The summed E-state index contributed by atoms with van der Waals surface area (Å²) in [5.74, 6) is 0. The fraction of sp³-hybridized carbons (Fsp3) is 0. The van der Waals surface area contributed by atoms with Gasteiger partial charge in [-0.1, -0.05) is 121 Å². The molecule has 2 heterocycles. The zero-order chi connectivity index (χ0) is 30.5. The van der Waals surface area contributed by atoms with Gasteiger partial charge >= 0.3 is 0 Å². The van der Waals surface area contributed by atoms with Gasteiger partial charge in [0.2, 0.25) is 0 Å². The van der Waals surface area contributed by atoms with Gasteiger partial charge in [0, 0.05) is 34.3 Å². The van der Waals surface area contributed by atoms with Crippen LogP contribution >= 0.6 is 0 Å². The van der Waals surface area contributed by atoms with Crippen LogP contribution in [-0.2, 0) is 0 Å². The van der Waals surface area contributed by atoms with Crippen LogP contribution in [0.25, 0.3) is 87.9 Å². The van der Waals surface area contributed by atoms with Crippen molar-refractivity contribution in [2.45, 2.75) is 0 Å². The molecule has 0 bridgehead atoms. The first-order chi connectivity index (χ1) is 22.8. The highest BCUT2D eigenvalue weighted by Crippen LogP contribution is 2.36. The molecule has 2 nitrogen and oxygen atoms in total. The van der Waals surface area contributed by atoms with Gasteiger partial charge in [0.15, 0.2) is 0 Å². The topological polar surface area (TPSA) is 25.8 Å². The lowest BCUT2D eigenvalue weighted by molar-refractivity contribution is 1.41. The van der Waals surface area contributed by atoms with E-state index in [1.165, 1.54) is 54.9 Å². The smallest absolute Gasteiger partial charge is 0.0780 e. The summed E-state index contributed by atoms with van der Waals surface area (Å²) in [7, 11) is 0. The minimum atomic E-state index is 1.03. The molecule has 0 N–H and O–H groups in total. The summed E-state index contributed by atoms with van der Waals surface area (Å²) < 4.78 is 0. The molecular formula is C44H28N2. The number of aromatic nitrogens is 2. The standard InChI is InChI=1S/C44H28N2/c1-9-32(25-36(11-1)40-15-3-7-30-13-5-23-45-43(30)40)34-21-22-39-38(27-34)20-18-29-17-19-35(28-42(29)39)33-10-2-12-37(26-33)41-16-4-8-31-14-6-24-46-44(31)41/h1-28H. The molecule has 214 valence electrons. The molecule has 0 atom stereocenters. The zero-order valence-electron chi connectivity index (χ0n) is 25.1. The highest BCUT2D eigenvalue weighted by Gasteiger charge is 2.10. The fourth-order valence-corrected chi connectivity index (χ4v) is 6.83. The van der Waals surface area contributed by atoms with Gasteiger partial charge in [-0.3, -0.25) is 9.97 Å². The predicted molar refractivity (Wildman–Crippen MR) is 194 cm³/mol.